The summed E-state index contributed by atoms with van der Waals surface area (Å²) in [6, 6.07) is 3.13. The Balaban J connectivity index is 2.74. The summed E-state index contributed by atoms with van der Waals surface area (Å²) in [5.41, 5.74) is -0.179. The summed E-state index contributed by atoms with van der Waals surface area (Å²) in [5.74, 6) is 0. The first-order valence-corrected chi connectivity index (χ1v) is 7.12. The number of pyridine rings is 1. The third-order valence-electron chi connectivity index (χ3n) is 2.24. The predicted molar refractivity (Wildman–Crippen MR) is 65.2 cm³/mol. The highest BCUT2D eigenvalue weighted by molar-refractivity contribution is 7.85. The van der Waals surface area contributed by atoms with Crippen molar-refractivity contribution in [1.82, 2.24) is 4.98 Å². The van der Waals surface area contributed by atoms with Gasteiger partial charge in [-0.15, -0.1) is 0 Å². The molecule has 6 nitrogen and oxygen atoms in total. The van der Waals surface area contributed by atoms with Gasteiger partial charge in [0.1, 0.15) is 11.7 Å². The fourth-order valence-electron chi connectivity index (χ4n) is 1.25. The molecular weight excluding hydrogens is 258 g/mol. The van der Waals surface area contributed by atoms with E-state index < -0.39 is 21.8 Å². The summed E-state index contributed by atoms with van der Waals surface area (Å²) in [6.07, 6.45) is 1.21. The predicted octanol–water partition coefficient (Wildman–Crippen LogP) is 0.319. The Labute approximate surface area is 106 Å². The molecule has 2 N–H and O–H groups in total. The quantitative estimate of drug-likeness (QED) is 0.751. The van der Waals surface area contributed by atoms with Gasteiger partial charge in [0.05, 0.1) is 18.6 Å². The zero-order chi connectivity index (χ0) is 14.0. The summed E-state index contributed by atoms with van der Waals surface area (Å²) >= 11 is 0. The maximum Gasteiger partial charge on any atom is 0.264 e. The third-order valence-corrected chi connectivity index (χ3v) is 2.80. The molecule has 0 saturated carbocycles. The van der Waals surface area contributed by atoms with E-state index in [1.165, 1.54) is 6.20 Å². The van der Waals surface area contributed by atoms with Gasteiger partial charge in [-0.25, -0.2) is 0 Å². The van der Waals surface area contributed by atoms with E-state index in [0.717, 1.165) is 6.26 Å². The summed E-state index contributed by atoms with van der Waals surface area (Å²) in [6.45, 7) is 2.83. The minimum absolute atomic E-state index is 0.359. The molecule has 0 aliphatic heterocycles. The van der Waals surface area contributed by atoms with Crippen molar-refractivity contribution in [3.8, 4) is 0 Å². The van der Waals surface area contributed by atoms with Gasteiger partial charge in [-0.2, -0.15) is 8.42 Å². The number of hydrogen-bond donors (Lipinski definition) is 2. The number of hydrogen-bond acceptors (Lipinski definition) is 6. The van der Waals surface area contributed by atoms with E-state index in [9.17, 15) is 18.6 Å². The zero-order valence-corrected chi connectivity index (χ0v) is 11.3. The third kappa shape index (κ3) is 4.69. The molecule has 0 radical (unpaired) electrons. The van der Waals surface area contributed by atoms with E-state index in [0.29, 0.717) is 11.3 Å². The number of aliphatic hydroxyl groups is 2. The van der Waals surface area contributed by atoms with Gasteiger partial charge in [0.2, 0.25) is 0 Å². The van der Waals surface area contributed by atoms with Crippen LogP contribution in [0, 0.1) is 0 Å². The standard InChI is InChI=1S/C11H17NO5S/c1-11(2,14)10-5-4-8(6-12-10)9(13)7-17-18(3,15)16/h4-6,9,13-14H,7H2,1-3H3/t9-/m1/s1. The topological polar surface area (TPSA) is 96.7 Å². The molecule has 1 rings (SSSR count). The molecule has 1 atom stereocenters. The largest absolute Gasteiger partial charge is 0.386 e. The van der Waals surface area contributed by atoms with E-state index in [4.69, 9.17) is 0 Å². The van der Waals surface area contributed by atoms with Gasteiger partial charge in [0, 0.05) is 11.8 Å². The molecule has 0 unspecified atom stereocenters. The van der Waals surface area contributed by atoms with Gasteiger partial charge in [-0.1, -0.05) is 6.07 Å². The highest BCUT2D eigenvalue weighted by atomic mass is 32.2. The molecule has 1 aromatic heterocycles. The second-order valence-electron chi connectivity index (χ2n) is 4.54. The first-order valence-electron chi connectivity index (χ1n) is 5.31. The Kier molecular flexibility index (Phi) is 4.44. The molecule has 0 aromatic carbocycles. The Hall–Kier alpha value is -1.02. The summed E-state index contributed by atoms with van der Waals surface area (Å²) in [7, 11) is -3.58. The van der Waals surface area contributed by atoms with Crippen molar-refractivity contribution in [1.29, 1.82) is 0 Å². The summed E-state index contributed by atoms with van der Waals surface area (Å²) in [4.78, 5) is 4.00. The van der Waals surface area contributed by atoms with Crippen LogP contribution in [0.15, 0.2) is 18.3 Å². The number of aromatic nitrogens is 1. The number of rotatable bonds is 5. The van der Waals surface area contributed by atoms with E-state index >= 15 is 0 Å². The lowest BCUT2D eigenvalue weighted by atomic mass is 10.0. The molecule has 0 spiro atoms. The van der Waals surface area contributed by atoms with Crippen molar-refractivity contribution >= 4 is 10.1 Å². The number of nitrogens with zero attached hydrogens (tertiary/aromatic N) is 1. The summed E-state index contributed by atoms with van der Waals surface area (Å²) < 4.78 is 26.0. The molecule has 0 fully saturated rings. The van der Waals surface area contributed by atoms with Crippen LogP contribution in [0.2, 0.25) is 0 Å². The van der Waals surface area contributed by atoms with Crippen LogP contribution in [-0.2, 0) is 19.9 Å². The van der Waals surface area contributed by atoms with Crippen molar-refractivity contribution in [3.63, 3.8) is 0 Å². The smallest absolute Gasteiger partial charge is 0.264 e. The second-order valence-corrected chi connectivity index (χ2v) is 6.18. The van der Waals surface area contributed by atoms with Crippen LogP contribution in [-0.4, -0.2) is 36.5 Å². The van der Waals surface area contributed by atoms with Gasteiger partial charge in [0.15, 0.2) is 0 Å². The fourth-order valence-corrected chi connectivity index (χ4v) is 1.62. The van der Waals surface area contributed by atoms with E-state index in [1.54, 1.807) is 26.0 Å². The van der Waals surface area contributed by atoms with E-state index in [1.807, 2.05) is 0 Å². The Morgan fingerprint density at radius 3 is 2.44 bits per heavy atom. The zero-order valence-electron chi connectivity index (χ0n) is 10.5. The van der Waals surface area contributed by atoms with Crippen LogP contribution in [0.5, 0.6) is 0 Å². The van der Waals surface area contributed by atoms with Crippen LogP contribution in [0.3, 0.4) is 0 Å². The molecule has 0 aliphatic carbocycles. The van der Waals surface area contributed by atoms with Crippen LogP contribution in [0.4, 0.5) is 0 Å². The molecule has 0 saturated heterocycles. The molecule has 1 aromatic rings. The minimum atomic E-state index is -3.58. The molecule has 1 heterocycles. The Morgan fingerprint density at radius 2 is 2.06 bits per heavy atom. The molecule has 7 heteroatoms. The van der Waals surface area contributed by atoms with Crippen molar-refractivity contribution in [3.05, 3.63) is 29.6 Å². The molecule has 0 aliphatic rings. The maximum absolute atomic E-state index is 10.8. The van der Waals surface area contributed by atoms with Crippen LogP contribution in [0.25, 0.3) is 0 Å². The monoisotopic (exact) mass is 275 g/mol. The molecule has 102 valence electrons. The average molecular weight is 275 g/mol. The van der Waals surface area contributed by atoms with Crippen LogP contribution < -0.4 is 0 Å². The normalized spacial score (nSPS) is 14.5. The van der Waals surface area contributed by atoms with Crippen LogP contribution in [0.1, 0.15) is 31.2 Å². The number of aliphatic hydroxyl groups excluding tert-OH is 1. The Bertz CT molecular complexity index is 489. The van der Waals surface area contributed by atoms with Crippen molar-refractivity contribution in [2.45, 2.75) is 25.6 Å². The minimum Gasteiger partial charge on any atom is -0.386 e. The first kappa shape index (κ1) is 15.0. The Morgan fingerprint density at radius 1 is 1.44 bits per heavy atom. The SMILES string of the molecule is CC(C)(O)c1ccc([C@H](O)COS(C)(=O)=O)cn1. The average Bonchev–Trinajstić information content (AvgIpc) is 2.24. The van der Waals surface area contributed by atoms with E-state index in [-0.39, 0.29) is 6.61 Å². The maximum atomic E-state index is 10.8. The molecule has 0 amide bonds. The van der Waals surface area contributed by atoms with Crippen molar-refractivity contribution in [2.24, 2.45) is 0 Å². The lowest BCUT2D eigenvalue weighted by Crippen LogP contribution is -2.18. The van der Waals surface area contributed by atoms with Crippen molar-refractivity contribution in [2.75, 3.05) is 12.9 Å². The highest BCUT2D eigenvalue weighted by Gasteiger charge is 2.18. The first-order chi connectivity index (χ1) is 8.09. The van der Waals surface area contributed by atoms with Gasteiger partial charge >= 0.3 is 0 Å². The van der Waals surface area contributed by atoms with Gasteiger partial charge < -0.3 is 10.2 Å². The summed E-state index contributed by atoms with van der Waals surface area (Å²) in [5, 5.41) is 19.4. The molecule has 18 heavy (non-hydrogen) atoms. The van der Waals surface area contributed by atoms with Crippen molar-refractivity contribution < 1.29 is 22.8 Å². The lowest BCUT2D eigenvalue weighted by Gasteiger charge is -2.17. The van der Waals surface area contributed by atoms with Gasteiger partial charge in [-0.3, -0.25) is 9.17 Å². The van der Waals surface area contributed by atoms with Gasteiger partial charge in [0.25, 0.3) is 10.1 Å². The fraction of sp³-hybridized carbons (Fsp3) is 0.545. The highest BCUT2D eigenvalue weighted by Crippen LogP contribution is 2.19. The van der Waals surface area contributed by atoms with Crippen LogP contribution >= 0.6 is 0 Å². The lowest BCUT2D eigenvalue weighted by molar-refractivity contribution is 0.0734. The molecular formula is C11H17NO5S. The molecule has 0 bridgehead atoms. The van der Waals surface area contributed by atoms with E-state index in [2.05, 4.69) is 9.17 Å². The van der Waals surface area contributed by atoms with Gasteiger partial charge in [-0.05, 0) is 19.9 Å². The second kappa shape index (κ2) is 5.31.